The topological polar surface area (TPSA) is 12.4 Å². The molecule has 1 aliphatic rings. The fourth-order valence-corrected chi connectivity index (χ4v) is 1.10. The smallest absolute Gasteiger partial charge is 0.0502 e. The van der Waals surface area contributed by atoms with Crippen LogP contribution in [-0.2, 0) is 0 Å². The van der Waals surface area contributed by atoms with Gasteiger partial charge in [0.25, 0.3) is 0 Å². The Bertz CT molecular complexity index is 222. The third-order valence-electron chi connectivity index (χ3n) is 1.60. The van der Waals surface area contributed by atoms with E-state index in [0.29, 0.717) is 0 Å². The first-order valence-corrected chi connectivity index (χ1v) is 4.70. The summed E-state index contributed by atoms with van der Waals surface area (Å²) in [5, 5.41) is 0. The number of allylic oxidation sites excluding steroid dienone is 4. The number of hydrogen-bond acceptors (Lipinski definition) is 1. The summed E-state index contributed by atoms with van der Waals surface area (Å²) in [5.41, 5.74) is 1.21. The fraction of sp³-hybridized carbons (Fsp3) is 0.444. The third kappa shape index (κ3) is 2.43. The van der Waals surface area contributed by atoms with E-state index in [4.69, 9.17) is 0 Å². The fourth-order valence-electron chi connectivity index (χ4n) is 0.776. The lowest BCUT2D eigenvalue weighted by atomic mass is 9.95. The number of rotatable bonds is 0. The Labute approximate surface area is 81.4 Å². The number of aliphatic imine (C=N–C) groups is 1. The molecular formula is C9H12IN. The van der Waals surface area contributed by atoms with Crippen LogP contribution in [0, 0.1) is 5.41 Å². The molecule has 2 heteroatoms. The molecule has 0 radical (unpaired) electrons. The molecule has 1 heterocycles. The summed E-state index contributed by atoms with van der Waals surface area (Å²) in [5.74, 6) is 0. The number of halogens is 1. The molecule has 0 fully saturated rings. The Morgan fingerprint density at radius 3 is 2.73 bits per heavy atom. The Morgan fingerprint density at radius 1 is 1.45 bits per heavy atom. The predicted octanol–water partition coefficient (Wildman–Crippen LogP) is 3.32. The summed E-state index contributed by atoms with van der Waals surface area (Å²) in [7, 11) is 0. The van der Waals surface area contributed by atoms with Crippen molar-refractivity contribution in [3.63, 3.8) is 0 Å². The van der Waals surface area contributed by atoms with Gasteiger partial charge in [-0.3, -0.25) is 4.99 Å². The van der Waals surface area contributed by atoms with Crippen LogP contribution in [-0.4, -0.2) is 6.21 Å². The van der Waals surface area contributed by atoms with Crippen LogP contribution in [0.15, 0.2) is 26.4 Å². The number of hydrogen-bond donors (Lipinski definition) is 0. The van der Waals surface area contributed by atoms with Gasteiger partial charge in [-0.2, -0.15) is 0 Å². The zero-order valence-corrected chi connectivity index (χ0v) is 9.21. The third-order valence-corrected chi connectivity index (χ3v) is 2.74. The monoisotopic (exact) mass is 261 g/mol. The van der Waals surface area contributed by atoms with E-state index >= 15 is 0 Å². The molecule has 0 N–H and O–H groups in total. The molecule has 0 aliphatic carbocycles. The van der Waals surface area contributed by atoms with Gasteiger partial charge in [-0.05, 0) is 29.5 Å². The minimum atomic E-state index is 0.105. The average Bonchev–Trinajstić information content (AvgIpc) is 2.03. The van der Waals surface area contributed by atoms with E-state index in [-0.39, 0.29) is 5.41 Å². The summed E-state index contributed by atoms with van der Waals surface area (Å²) in [6, 6.07) is 0. The Kier molecular flexibility index (Phi) is 2.52. The van der Waals surface area contributed by atoms with Crippen LogP contribution >= 0.6 is 22.6 Å². The van der Waals surface area contributed by atoms with Crippen molar-refractivity contribution in [2.24, 2.45) is 10.4 Å². The van der Waals surface area contributed by atoms with Gasteiger partial charge >= 0.3 is 0 Å². The van der Waals surface area contributed by atoms with Crippen LogP contribution in [0.25, 0.3) is 0 Å². The van der Waals surface area contributed by atoms with Crippen LogP contribution in [0.4, 0.5) is 0 Å². The lowest BCUT2D eigenvalue weighted by Crippen LogP contribution is -2.07. The van der Waals surface area contributed by atoms with Gasteiger partial charge in [-0.25, -0.2) is 0 Å². The Balaban J connectivity index is 3.01. The predicted molar refractivity (Wildman–Crippen MR) is 58.1 cm³/mol. The molecular weight excluding hydrogens is 249 g/mol. The van der Waals surface area contributed by atoms with Crippen molar-refractivity contribution in [2.45, 2.75) is 20.8 Å². The molecule has 0 unspecified atom stereocenters. The van der Waals surface area contributed by atoms with Crippen LogP contribution in [0.3, 0.4) is 0 Å². The molecule has 1 aliphatic heterocycles. The van der Waals surface area contributed by atoms with E-state index in [1.165, 1.54) is 3.58 Å². The zero-order chi connectivity index (χ0) is 8.48. The zero-order valence-electron chi connectivity index (χ0n) is 7.06. The van der Waals surface area contributed by atoms with E-state index in [1.807, 2.05) is 13.1 Å². The van der Waals surface area contributed by atoms with Crippen LogP contribution in [0.1, 0.15) is 20.8 Å². The summed E-state index contributed by atoms with van der Waals surface area (Å²) >= 11 is 2.30. The molecule has 0 bridgehead atoms. The Hall–Kier alpha value is -0.120. The van der Waals surface area contributed by atoms with Crippen molar-refractivity contribution >= 4 is 28.8 Å². The molecule has 0 amide bonds. The van der Waals surface area contributed by atoms with Gasteiger partial charge in [0.05, 0.1) is 5.70 Å². The first kappa shape index (κ1) is 8.97. The van der Waals surface area contributed by atoms with Gasteiger partial charge in [0.2, 0.25) is 0 Å². The van der Waals surface area contributed by atoms with Crippen molar-refractivity contribution in [3.8, 4) is 0 Å². The van der Waals surface area contributed by atoms with E-state index in [1.54, 1.807) is 0 Å². The lowest BCUT2D eigenvalue weighted by Gasteiger charge is -2.10. The molecule has 0 aromatic rings. The van der Waals surface area contributed by atoms with E-state index in [2.05, 4.69) is 53.6 Å². The maximum atomic E-state index is 4.34. The highest BCUT2D eigenvalue weighted by atomic mass is 127. The maximum absolute atomic E-state index is 4.34. The quantitative estimate of drug-likeness (QED) is 0.593. The second-order valence-electron chi connectivity index (χ2n) is 3.35. The highest BCUT2D eigenvalue weighted by Gasteiger charge is 2.12. The molecule has 1 nitrogen and oxygen atoms in total. The van der Waals surface area contributed by atoms with Crippen LogP contribution in [0.5, 0.6) is 0 Å². The highest BCUT2D eigenvalue weighted by molar-refractivity contribution is 14.1. The van der Waals surface area contributed by atoms with Crippen molar-refractivity contribution in [3.05, 3.63) is 21.4 Å². The SMILES string of the molecule is CC1=C(I)C=CC(C)(C)C=N1. The highest BCUT2D eigenvalue weighted by Crippen LogP contribution is 2.24. The minimum Gasteiger partial charge on any atom is -0.264 e. The van der Waals surface area contributed by atoms with E-state index in [0.717, 1.165) is 5.70 Å². The molecule has 0 saturated heterocycles. The Morgan fingerprint density at radius 2 is 2.09 bits per heavy atom. The molecule has 0 aromatic heterocycles. The second kappa shape index (κ2) is 3.09. The first-order chi connectivity index (χ1) is 5.01. The molecule has 60 valence electrons. The van der Waals surface area contributed by atoms with Crippen molar-refractivity contribution < 1.29 is 0 Å². The van der Waals surface area contributed by atoms with Crippen molar-refractivity contribution in [2.75, 3.05) is 0 Å². The van der Waals surface area contributed by atoms with Gasteiger partial charge in [0, 0.05) is 15.2 Å². The first-order valence-electron chi connectivity index (χ1n) is 3.62. The molecule has 0 aromatic carbocycles. The molecule has 1 rings (SSSR count). The summed E-state index contributed by atoms with van der Waals surface area (Å²) in [6.45, 7) is 6.33. The molecule has 11 heavy (non-hydrogen) atoms. The summed E-state index contributed by atoms with van der Waals surface area (Å²) in [6.07, 6.45) is 6.29. The van der Waals surface area contributed by atoms with E-state index in [9.17, 15) is 0 Å². The van der Waals surface area contributed by atoms with Gasteiger partial charge < -0.3 is 0 Å². The largest absolute Gasteiger partial charge is 0.264 e. The normalized spacial score (nSPS) is 22.2. The van der Waals surface area contributed by atoms with Crippen molar-refractivity contribution in [1.82, 2.24) is 0 Å². The lowest BCUT2D eigenvalue weighted by molar-refractivity contribution is 0.695. The molecule has 0 saturated carbocycles. The van der Waals surface area contributed by atoms with Gasteiger partial charge in [0.1, 0.15) is 0 Å². The maximum Gasteiger partial charge on any atom is 0.0502 e. The molecule has 0 atom stereocenters. The van der Waals surface area contributed by atoms with Gasteiger partial charge in [-0.15, -0.1) is 0 Å². The molecule has 0 spiro atoms. The van der Waals surface area contributed by atoms with Crippen LogP contribution in [0.2, 0.25) is 0 Å². The van der Waals surface area contributed by atoms with Gasteiger partial charge in [0.15, 0.2) is 0 Å². The number of nitrogens with zero attached hydrogens (tertiary/aromatic N) is 1. The van der Waals surface area contributed by atoms with Gasteiger partial charge in [-0.1, -0.05) is 26.0 Å². The van der Waals surface area contributed by atoms with E-state index < -0.39 is 0 Å². The summed E-state index contributed by atoms with van der Waals surface area (Å²) in [4.78, 5) is 4.34. The second-order valence-corrected chi connectivity index (χ2v) is 4.51. The van der Waals surface area contributed by atoms with Crippen LogP contribution < -0.4 is 0 Å². The summed E-state index contributed by atoms with van der Waals surface area (Å²) < 4.78 is 1.23. The standard InChI is InChI=1S/C9H12IN/c1-7-8(10)4-5-9(2,3)6-11-7/h4-6H,1-3H3. The average molecular weight is 261 g/mol. The minimum absolute atomic E-state index is 0.105. The van der Waals surface area contributed by atoms with Crippen molar-refractivity contribution in [1.29, 1.82) is 0 Å².